The molecule has 2 amide bonds. The summed E-state index contributed by atoms with van der Waals surface area (Å²) in [5, 5.41) is 4.54. The van der Waals surface area contributed by atoms with Gasteiger partial charge in [-0.2, -0.15) is 0 Å². The van der Waals surface area contributed by atoms with E-state index in [1.54, 1.807) is 11.1 Å². The molecule has 0 unspecified atom stereocenters. The van der Waals surface area contributed by atoms with Gasteiger partial charge in [0.25, 0.3) is 5.91 Å². The Morgan fingerprint density at radius 2 is 1.72 bits per heavy atom. The summed E-state index contributed by atoms with van der Waals surface area (Å²) < 4.78 is 5.50. The number of pyridine rings is 2. The Bertz CT molecular complexity index is 1280. The summed E-state index contributed by atoms with van der Waals surface area (Å²) in [6, 6.07) is 11.6. The Kier molecular flexibility index (Phi) is 9.01. The van der Waals surface area contributed by atoms with E-state index in [0.29, 0.717) is 31.7 Å². The number of anilines is 1. The average molecular weight is 533 g/mol. The van der Waals surface area contributed by atoms with Crippen LogP contribution in [0.5, 0.6) is 0 Å². The molecule has 9 heteroatoms. The summed E-state index contributed by atoms with van der Waals surface area (Å²) in [5.74, 6) is 0.0402. The number of nitrogens with zero attached hydrogens (tertiary/aromatic N) is 5. The standard InChI is InChI=1S/C30H40N6O3/c1-6-35(7-2)28(37)23-10-8-22(9-11-23)26-20-27(24-21-31-13-12-25(24)33-26)32-14-15-34-16-18-36(19-17-34)29(38)39-30(3,4)5/h8-13,20-21H,6-7,14-19H2,1-5H3,(H,32,33). The van der Waals surface area contributed by atoms with Gasteiger partial charge in [-0.15, -0.1) is 0 Å². The number of benzene rings is 1. The number of carbonyl (C=O) groups excluding carboxylic acids is 2. The van der Waals surface area contributed by atoms with E-state index < -0.39 is 5.60 Å². The van der Waals surface area contributed by atoms with E-state index in [4.69, 9.17) is 9.72 Å². The summed E-state index contributed by atoms with van der Waals surface area (Å²) in [4.78, 5) is 40.2. The van der Waals surface area contributed by atoms with Crippen LogP contribution in [-0.2, 0) is 4.74 Å². The van der Waals surface area contributed by atoms with Crippen LogP contribution in [0, 0.1) is 0 Å². The first-order chi connectivity index (χ1) is 18.7. The zero-order valence-corrected chi connectivity index (χ0v) is 23.7. The van der Waals surface area contributed by atoms with Crippen LogP contribution in [0.25, 0.3) is 22.2 Å². The highest BCUT2D eigenvalue weighted by molar-refractivity contribution is 5.95. The van der Waals surface area contributed by atoms with Crippen molar-refractivity contribution in [2.45, 2.75) is 40.2 Å². The van der Waals surface area contributed by atoms with E-state index >= 15 is 0 Å². The third-order valence-electron chi connectivity index (χ3n) is 6.86. The molecule has 208 valence electrons. The van der Waals surface area contributed by atoms with Crippen molar-refractivity contribution in [3.8, 4) is 11.3 Å². The summed E-state index contributed by atoms with van der Waals surface area (Å²) in [6.07, 6.45) is 3.34. The van der Waals surface area contributed by atoms with E-state index in [9.17, 15) is 9.59 Å². The lowest BCUT2D eigenvalue weighted by molar-refractivity contribution is 0.0148. The third-order valence-corrected chi connectivity index (χ3v) is 6.86. The molecule has 0 saturated carbocycles. The molecule has 1 fully saturated rings. The molecule has 9 nitrogen and oxygen atoms in total. The van der Waals surface area contributed by atoms with Crippen molar-refractivity contribution in [2.24, 2.45) is 0 Å². The lowest BCUT2D eigenvalue weighted by Crippen LogP contribution is -2.50. The molecular weight excluding hydrogens is 492 g/mol. The second-order valence-electron chi connectivity index (χ2n) is 10.7. The number of rotatable bonds is 8. The van der Waals surface area contributed by atoms with Gasteiger partial charge in [-0.05, 0) is 58.9 Å². The number of hydrogen-bond acceptors (Lipinski definition) is 7. The first-order valence-electron chi connectivity index (χ1n) is 13.8. The highest BCUT2D eigenvalue weighted by atomic mass is 16.6. The number of ether oxygens (including phenoxy) is 1. The van der Waals surface area contributed by atoms with Crippen molar-refractivity contribution in [1.82, 2.24) is 24.7 Å². The first kappa shape index (κ1) is 28.3. The summed E-state index contributed by atoms with van der Waals surface area (Å²) in [7, 11) is 0. The Balaban J connectivity index is 1.41. The van der Waals surface area contributed by atoms with Gasteiger partial charge in [0.2, 0.25) is 0 Å². The van der Waals surface area contributed by atoms with Crippen LogP contribution in [0.2, 0.25) is 0 Å². The first-order valence-corrected chi connectivity index (χ1v) is 13.8. The quantitative estimate of drug-likeness (QED) is 0.448. The number of nitrogens with one attached hydrogen (secondary N) is 1. The largest absolute Gasteiger partial charge is 0.444 e. The second kappa shape index (κ2) is 12.4. The van der Waals surface area contributed by atoms with Gasteiger partial charge in [-0.25, -0.2) is 9.78 Å². The minimum Gasteiger partial charge on any atom is -0.444 e. The van der Waals surface area contributed by atoms with Crippen molar-refractivity contribution in [3.63, 3.8) is 0 Å². The van der Waals surface area contributed by atoms with Crippen LogP contribution < -0.4 is 5.32 Å². The maximum Gasteiger partial charge on any atom is 0.410 e. The van der Waals surface area contributed by atoms with Crippen molar-refractivity contribution in [1.29, 1.82) is 0 Å². The Hall–Kier alpha value is -3.72. The van der Waals surface area contributed by atoms with Gasteiger partial charge in [0.15, 0.2) is 0 Å². The Morgan fingerprint density at radius 3 is 2.36 bits per heavy atom. The molecule has 4 rings (SSSR count). The van der Waals surface area contributed by atoms with Crippen molar-refractivity contribution in [2.75, 3.05) is 57.7 Å². The zero-order chi connectivity index (χ0) is 28.0. The van der Waals surface area contributed by atoms with Crippen LogP contribution in [-0.4, -0.2) is 94.6 Å². The Morgan fingerprint density at radius 1 is 1.03 bits per heavy atom. The van der Waals surface area contributed by atoms with Gasteiger partial charge >= 0.3 is 6.09 Å². The third kappa shape index (κ3) is 7.23. The minimum absolute atomic E-state index is 0.0402. The second-order valence-corrected chi connectivity index (χ2v) is 10.7. The Labute approximate surface area is 231 Å². The summed E-state index contributed by atoms with van der Waals surface area (Å²) in [6.45, 7) is 15.6. The van der Waals surface area contributed by atoms with Gasteiger partial charge in [0.1, 0.15) is 5.60 Å². The maximum absolute atomic E-state index is 12.7. The minimum atomic E-state index is -0.482. The molecule has 0 bridgehead atoms. The van der Waals surface area contributed by atoms with E-state index in [1.807, 2.05) is 82.1 Å². The average Bonchev–Trinajstić information content (AvgIpc) is 2.93. The molecule has 1 aliphatic rings. The molecule has 1 aromatic carbocycles. The van der Waals surface area contributed by atoms with Crippen molar-refractivity contribution >= 4 is 28.6 Å². The van der Waals surface area contributed by atoms with Gasteiger partial charge in [0.05, 0.1) is 11.2 Å². The number of hydrogen-bond donors (Lipinski definition) is 1. The maximum atomic E-state index is 12.7. The van der Waals surface area contributed by atoms with Crippen LogP contribution in [0.3, 0.4) is 0 Å². The highest BCUT2D eigenvalue weighted by Crippen LogP contribution is 2.28. The van der Waals surface area contributed by atoms with E-state index in [2.05, 4.69) is 15.2 Å². The van der Waals surface area contributed by atoms with Crippen LogP contribution in [0.1, 0.15) is 45.0 Å². The van der Waals surface area contributed by atoms with Gasteiger partial charge in [0, 0.05) is 87.0 Å². The molecule has 3 heterocycles. The zero-order valence-electron chi connectivity index (χ0n) is 23.7. The number of fused-ring (bicyclic) bond motifs is 1. The van der Waals surface area contributed by atoms with Crippen LogP contribution >= 0.6 is 0 Å². The molecule has 0 spiro atoms. The fourth-order valence-corrected chi connectivity index (χ4v) is 4.67. The fraction of sp³-hybridized carbons (Fsp3) is 0.467. The molecule has 1 N–H and O–H groups in total. The molecule has 39 heavy (non-hydrogen) atoms. The molecular formula is C30H40N6O3. The van der Waals surface area contributed by atoms with Crippen molar-refractivity contribution in [3.05, 3.63) is 54.4 Å². The monoisotopic (exact) mass is 532 g/mol. The van der Waals surface area contributed by atoms with Gasteiger partial charge in [-0.3, -0.25) is 14.7 Å². The molecule has 0 radical (unpaired) electrons. The van der Waals surface area contributed by atoms with E-state index in [-0.39, 0.29) is 12.0 Å². The van der Waals surface area contributed by atoms with Crippen LogP contribution in [0.15, 0.2) is 48.8 Å². The molecule has 1 saturated heterocycles. The molecule has 0 atom stereocenters. The van der Waals surface area contributed by atoms with Crippen LogP contribution in [0.4, 0.5) is 10.5 Å². The highest BCUT2D eigenvalue weighted by Gasteiger charge is 2.25. The summed E-state index contributed by atoms with van der Waals surface area (Å²) >= 11 is 0. The predicted molar refractivity (Wildman–Crippen MR) is 155 cm³/mol. The number of carbonyl (C=O) groups is 2. The van der Waals surface area contributed by atoms with E-state index in [0.717, 1.165) is 54.0 Å². The predicted octanol–water partition coefficient (Wildman–Crippen LogP) is 4.74. The summed E-state index contributed by atoms with van der Waals surface area (Å²) in [5.41, 5.74) is 3.81. The van der Waals surface area contributed by atoms with E-state index in [1.165, 1.54) is 0 Å². The lowest BCUT2D eigenvalue weighted by Gasteiger charge is -2.35. The normalized spacial score (nSPS) is 14.3. The van der Waals surface area contributed by atoms with Gasteiger partial charge < -0.3 is 19.9 Å². The molecule has 3 aromatic rings. The lowest BCUT2D eigenvalue weighted by atomic mass is 10.1. The number of piperazine rings is 1. The molecule has 0 aliphatic carbocycles. The topological polar surface area (TPSA) is 90.9 Å². The van der Waals surface area contributed by atoms with Gasteiger partial charge in [-0.1, -0.05) is 12.1 Å². The number of aromatic nitrogens is 2. The number of amides is 2. The van der Waals surface area contributed by atoms with Crippen molar-refractivity contribution < 1.29 is 14.3 Å². The smallest absolute Gasteiger partial charge is 0.410 e. The fourth-order valence-electron chi connectivity index (χ4n) is 4.67. The molecule has 2 aromatic heterocycles. The molecule has 1 aliphatic heterocycles. The SMILES string of the molecule is CCN(CC)C(=O)c1ccc(-c2cc(NCCN3CCN(C(=O)OC(C)(C)C)CC3)c3cnccc3n2)cc1.